The molecule has 0 atom stereocenters. The van der Waals surface area contributed by atoms with E-state index in [1.165, 1.54) is 12.1 Å². The Morgan fingerprint density at radius 2 is 2.10 bits per heavy atom. The molecule has 1 aromatic carbocycles. The molecule has 0 saturated heterocycles. The Morgan fingerprint density at radius 1 is 1.38 bits per heavy atom. The van der Waals surface area contributed by atoms with Crippen molar-refractivity contribution < 1.29 is 18.0 Å². The lowest BCUT2D eigenvalue weighted by Gasteiger charge is -2.09. The quantitative estimate of drug-likeness (QED) is 0.798. The standard InChI is InChI=1S/C16H16F3NO/c1-3-4-5-6-8-12(2)20-15(21)13-9-7-10-14(11-13)16(17,18)19/h3-5,7-11H,1,6H2,2H3,(H,20,21)/b5-4+,12-8+. The molecule has 0 spiro atoms. The first-order chi connectivity index (χ1) is 9.84. The molecule has 1 N–H and O–H groups in total. The number of nitrogens with one attached hydrogen (secondary N) is 1. The number of hydrogen-bond donors (Lipinski definition) is 1. The average Bonchev–Trinajstić information content (AvgIpc) is 2.43. The number of amides is 1. The SMILES string of the molecule is C=C/C=C/C/C=C(\C)NC(=O)c1cccc(C(F)(F)F)c1. The number of rotatable bonds is 5. The number of carbonyl (C=O) groups excluding carboxylic acids is 1. The van der Waals surface area contributed by atoms with Crippen LogP contribution in [0.25, 0.3) is 0 Å². The third-order valence-corrected chi connectivity index (χ3v) is 2.60. The van der Waals surface area contributed by atoms with Crippen LogP contribution >= 0.6 is 0 Å². The maximum absolute atomic E-state index is 12.6. The minimum atomic E-state index is -4.46. The summed E-state index contributed by atoms with van der Waals surface area (Å²) in [4.78, 5) is 11.9. The highest BCUT2D eigenvalue weighted by Gasteiger charge is 2.30. The van der Waals surface area contributed by atoms with Gasteiger partial charge in [0.15, 0.2) is 0 Å². The summed E-state index contributed by atoms with van der Waals surface area (Å²) >= 11 is 0. The summed E-state index contributed by atoms with van der Waals surface area (Å²) in [5, 5.41) is 2.55. The minimum absolute atomic E-state index is 0.0285. The zero-order chi connectivity index (χ0) is 15.9. The molecule has 1 amide bonds. The predicted octanol–water partition coefficient (Wildman–Crippen LogP) is 4.47. The van der Waals surface area contributed by atoms with E-state index in [1.807, 2.05) is 6.08 Å². The highest BCUT2D eigenvalue weighted by molar-refractivity contribution is 5.95. The Hall–Kier alpha value is -2.30. The maximum atomic E-state index is 12.6. The Kier molecular flexibility index (Phi) is 5.96. The van der Waals surface area contributed by atoms with E-state index >= 15 is 0 Å². The first-order valence-corrected chi connectivity index (χ1v) is 6.27. The number of alkyl halides is 3. The zero-order valence-corrected chi connectivity index (χ0v) is 11.6. The molecular weight excluding hydrogens is 279 g/mol. The first kappa shape index (κ1) is 16.8. The van der Waals surface area contributed by atoms with Gasteiger partial charge in [-0.05, 0) is 31.5 Å². The van der Waals surface area contributed by atoms with Crippen molar-refractivity contribution in [3.05, 3.63) is 72.0 Å². The lowest BCUT2D eigenvalue weighted by atomic mass is 10.1. The fourth-order valence-electron chi connectivity index (χ4n) is 1.56. The number of halogens is 3. The number of allylic oxidation sites excluding steroid dienone is 5. The highest BCUT2D eigenvalue weighted by atomic mass is 19.4. The molecule has 0 aliphatic carbocycles. The van der Waals surface area contributed by atoms with Gasteiger partial charge >= 0.3 is 6.18 Å². The Labute approximate surface area is 121 Å². The van der Waals surface area contributed by atoms with Gasteiger partial charge in [-0.15, -0.1) is 0 Å². The van der Waals surface area contributed by atoms with Gasteiger partial charge in [0.25, 0.3) is 5.91 Å². The van der Waals surface area contributed by atoms with E-state index in [-0.39, 0.29) is 5.56 Å². The molecule has 2 nitrogen and oxygen atoms in total. The molecule has 0 heterocycles. The van der Waals surface area contributed by atoms with Crippen LogP contribution in [-0.2, 0) is 6.18 Å². The van der Waals surface area contributed by atoms with Crippen molar-refractivity contribution in [3.8, 4) is 0 Å². The van der Waals surface area contributed by atoms with Crippen LogP contribution in [0.3, 0.4) is 0 Å². The van der Waals surface area contributed by atoms with E-state index in [4.69, 9.17) is 0 Å². The Balaban J connectivity index is 2.76. The van der Waals surface area contributed by atoms with Crippen LogP contribution in [-0.4, -0.2) is 5.91 Å². The molecule has 0 aliphatic heterocycles. The van der Waals surface area contributed by atoms with Crippen LogP contribution in [0.5, 0.6) is 0 Å². The summed E-state index contributed by atoms with van der Waals surface area (Å²) in [7, 11) is 0. The second-order valence-corrected chi connectivity index (χ2v) is 4.32. The fourth-order valence-corrected chi connectivity index (χ4v) is 1.56. The van der Waals surface area contributed by atoms with Crippen LogP contribution < -0.4 is 5.32 Å². The van der Waals surface area contributed by atoms with Crippen LogP contribution in [0.15, 0.2) is 60.8 Å². The molecule has 0 aliphatic rings. The van der Waals surface area contributed by atoms with Crippen LogP contribution in [0.2, 0.25) is 0 Å². The van der Waals surface area contributed by atoms with Crippen molar-refractivity contribution in [2.24, 2.45) is 0 Å². The normalized spacial score (nSPS) is 12.5. The third kappa shape index (κ3) is 5.69. The summed E-state index contributed by atoms with van der Waals surface area (Å²) in [6, 6.07) is 4.32. The van der Waals surface area contributed by atoms with Crippen LogP contribution in [0.1, 0.15) is 29.3 Å². The molecule has 21 heavy (non-hydrogen) atoms. The van der Waals surface area contributed by atoms with Gasteiger partial charge in [0.2, 0.25) is 0 Å². The summed E-state index contributed by atoms with van der Waals surface area (Å²) in [5.41, 5.74) is -0.295. The third-order valence-electron chi connectivity index (χ3n) is 2.60. The van der Waals surface area contributed by atoms with E-state index in [0.29, 0.717) is 12.1 Å². The summed E-state index contributed by atoms with van der Waals surface area (Å²) in [6.45, 7) is 5.20. The molecule has 0 saturated carbocycles. The van der Waals surface area contributed by atoms with Crippen molar-refractivity contribution in [2.75, 3.05) is 0 Å². The van der Waals surface area contributed by atoms with Gasteiger partial charge in [-0.3, -0.25) is 4.79 Å². The zero-order valence-electron chi connectivity index (χ0n) is 11.6. The second kappa shape index (κ2) is 7.47. The molecule has 5 heteroatoms. The monoisotopic (exact) mass is 295 g/mol. The summed E-state index contributed by atoms with van der Waals surface area (Å²) in [5.74, 6) is -0.567. The molecule has 0 aromatic heterocycles. The molecule has 0 unspecified atom stereocenters. The van der Waals surface area contributed by atoms with Gasteiger partial charge < -0.3 is 5.32 Å². The van der Waals surface area contributed by atoms with Crippen molar-refractivity contribution in [1.82, 2.24) is 5.32 Å². The van der Waals surface area contributed by atoms with Crippen LogP contribution in [0, 0.1) is 0 Å². The number of carbonyl (C=O) groups is 1. The predicted molar refractivity (Wildman–Crippen MR) is 76.6 cm³/mol. The summed E-state index contributed by atoms with van der Waals surface area (Å²) < 4.78 is 37.7. The van der Waals surface area contributed by atoms with Gasteiger partial charge in [-0.2, -0.15) is 13.2 Å². The first-order valence-electron chi connectivity index (χ1n) is 6.27. The van der Waals surface area contributed by atoms with Gasteiger partial charge in [-0.1, -0.05) is 36.9 Å². The minimum Gasteiger partial charge on any atom is -0.326 e. The second-order valence-electron chi connectivity index (χ2n) is 4.32. The van der Waals surface area contributed by atoms with E-state index in [9.17, 15) is 18.0 Å². The number of hydrogen-bond acceptors (Lipinski definition) is 1. The smallest absolute Gasteiger partial charge is 0.326 e. The average molecular weight is 295 g/mol. The van der Waals surface area contributed by atoms with Crippen LogP contribution in [0.4, 0.5) is 13.2 Å². The van der Waals surface area contributed by atoms with Crippen molar-refractivity contribution >= 4 is 5.91 Å². The molecule has 112 valence electrons. The molecule has 0 bridgehead atoms. The molecule has 1 aromatic rings. The van der Waals surface area contributed by atoms with Crippen molar-refractivity contribution in [3.63, 3.8) is 0 Å². The van der Waals surface area contributed by atoms with Gasteiger partial charge in [0.05, 0.1) is 5.56 Å². The number of benzene rings is 1. The van der Waals surface area contributed by atoms with Crippen molar-refractivity contribution in [2.45, 2.75) is 19.5 Å². The largest absolute Gasteiger partial charge is 0.416 e. The van der Waals surface area contributed by atoms with Gasteiger partial charge in [0.1, 0.15) is 0 Å². The van der Waals surface area contributed by atoms with Crippen molar-refractivity contribution in [1.29, 1.82) is 0 Å². The van der Waals surface area contributed by atoms with E-state index in [2.05, 4.69) is 11.9 Å². The van der Waals surface area contributed by atoms with E-state index < -0.39 is 17.6 Å². The lowest BCUT2D eigenvalue weighted by Crippen LogP contribution is -2.21. The van der Waals surface area contributed by atoms with Gasteiger partial charge in [0, 0.05) is 11.3 Å². The highest BCUT2D eigenvalue weighted by Crippen LogP contribution is 2.29. The van der Waals surface area contributed by atoms with Gasteiger partial charge in [-0.25, -0.2) is 0 Å². The lowest BCUT2D eigenvalue weighted by molar-refractivity contribution is -0.137. The molecule has 0 fully saturated rings. The molecule has 1 rings (SSSR count). The Bertz CT molecular complexity index is 571. The Morgan fingerprint density at radius 3 is 2.71 bits per heavy atom. The summed E-state index contributed by atoms with van der Waals surface area (Å²) in [6.07, 6.45) is 3.12. The van der Waals surface area contributed by atoms with E-state index in [0.717, 1.165) is 12.1 Å². The molecular formula is C16H16F3NO. The maximum Gasteiger partial charge on any atom is 0.416 e. The topological polar surface area (TPSA) is 29.1 Å². The molecule has 0 radical (unpaired) electrons. The van der Waals surface area contributed by atoms with E-state index in [1.54, 1.807) is 25.2 Å². The fraction of sp³-hybridized carbons (Fsp3) is 0.188.